The molecule has 1 aliphatic rings. The number of nitrogens with one attached hydrogen (secondary N) is 1. The Bertz CT molecular complexity index is 711. The average Bonchev–Trinajstić information content (AvgIpc) is 3.08. The lowest BCUT2D eigenvalue weighted by Crippen LogP contribution is -2.68. The fourth-order valence-electron chi connectivity index (χ4n) is 3.10. The molecule has 2 atom stereocenters. The van der Waals surface area contributed by atoms with Crippen molar-refractivity contribution in [2.75, 3.05) is 7.11 Å². The van der Waals surface area contributed by atoms with Crippen molar-refractivity contribution in [1.82, 2.24) is 20.1 Å². The number of amides is 1. The molecule has 1 N–H and O–H groups in total. The first-order chi connectivity index (χ1) is 10.9. The summed E-state index contributed by atoms with van der Waals surface area (Å²) in [6.45, 7) is 6.33. The van der Waals surface area contributed by atoms with Crippen LogP contribution in [0.4, 0.5) is 0 Å². The summed E-state index contributed by atoms with van der Waals surface area (Å²) in [7, 11) is 1.72. The third-order valence-corrected chi connectivity index (χ3v) is 5.38. The van der Waals surface area contributed by atoms with Gasteiger partial charge in [0.05, 0.1) is 11.3 Å². The van der Waals surface area contributed by atoms with E-state index in [-0.39, 0.29) is 23.0 Å². The highest BCUT2D eigenvalue weighted by Crippen LogP contribution is 2.51. The zero-order valence-corrected chi connectivity index (χ0v) is 13.9. The van der Waals surface area contributed by atoms with Crippen LogP contribution in [-0.2, 0) is 4.74 Å². The van der Waals surface area contributed by atoms with Crippen LogP contribution in [0.2, 0.25) is 0 Å². The number of nitrogens with zero attached hydrogens (tertiary/aromatic N) is 3. The first kappa shape index (κ1) is 15.7. The molecule has 1 aromatic carbocycles. The summed E-state index contributed by atoms with van der Waals surface area (Å²) in [6, 6.07) is 7.44. The molecule has 2 aromatic rings. The van der Waals surface area contributed by atoms with E-state index in [0.29, 0.717) is 5.56 Å². The maximum absolute atomic E-state index is 12.6. The number of benzene rings is 1. The molecular weight excluding hydrogens is 292 g/mol. The molecule has 6 heteroatoms. The fourth-order valence-corrected chi connectivity index (χ4v) is 3.10. The van der Waals surface area contributed by atoms with Gasteiger partial charge in [0.1, 0.15) is 12.7 Å². The van der Waals surface area contributed by atoms with E-state index in [1.165, 1.54) is 6.33 Å². The van der Waals surface area contributed by atoms with Gasteiger partial charge in [-0.15, -0.1) is 0 Å². The lowest BCUT2D eigenvalue weighted by Gasteiger charge is -2.59. The number of carbonyl (C=O) groups excluding carboxylic acids is 1. The maximum atomic E-state index is 12.6. The molecule has 1 aliphatic carbocycles. The zero-order valence-electron chi connectivity index (χ0n) is 13.9. The van der Waals surface area contributed by atoms with E-state index in [9.17, 15) is 4.79 Å². The Labute approximate surface area is 135 Å². The molecule has 0 bridgehead atoms. The molecule has 0 aliphatic heterocycles. The van der Waals surface area contributed by atoms with Crippen molar-refractivity contribution in [3.05, 3.63) is 42.5 Å². The molecule has 23 heavy (non-hydrogen) atoms. The predicted molar refractivity (Wildman–Crippen MR) is 86.4 cm³/mol. The summed E-state index contributed by atoms with van der Waals surface area (Å²) in [5.41, 5.74) is 1.11. The summed E-state index contributed by atoms with van der Waals surface area (Å²) < 4.78 is 7.24. The highest BCUT2D eigenvalue weighted by Gasteiger charge is 2.58. The average molecular weight is 314 g/mol. The van der Waals surface area contributed by atoms with Gasteiger partial charge in [0.15, 0.2) is 0 Å². The van der Waals surface area contributed by atoms with E-state index in [1.807, 2.05) is 18.2 Å². The van der Waals surface area contributed by atoms with E-state index in [0.717, 1.165) is 12.1 Å². The third-order valence-electron chi connectivity index (χ3n) is 5.38. The number of carbonyl (C=O) groups is 1. The highest BCUT2D eigenvalue weighted by molar-refractivity contribution is 5.95. The Balaban J connectivity index is 1.74. The number of hydrogen-bond acceptors (Lipinski definition) is 4. The smallest absolute Gasteiger partial charge is 0.251 e. The number of hydrogen-bond donors (Lipinski definition) is 1. The van der Waals surface area contributed by atoms with Gasteiger partial charge in [-0.05, 0) is 31.5 Å². The Kier molecular flexibility index (Phi) is 3.72. The van der Waals surface area contributed by atoms with Crippen LogP contribution in [0.5, 0.6) is 0 Å². The minimum absolute atomic E-state index is 0.0804. The summed E-state index contributed by atoms with van der Waals surface area (Å²) in [4.78, 5) is 16.5. The van der Waals surface area contributed by atoms with Crippen LogP contribution in [0, 0.1) is 5.41 Å². The molecule has 3 rings (SSSR count). The standard InChI is InChI=1S/C17H22N4O2/c1-16(2)14(9-17(16,3)23-4)20-15(22)12-6-5-7-13(8-12)21-11-18-10-19-21/h5-8,10-11,14H,9H2,1-4H3,(H,20,22)/t14-,17+/m1/s1. The van der Waals surface area contributed by atoms with E-state index in [1.54, 1.807) is 24.2 Å². The van der Waals surface area contributed by atoms with Gasteiger partial charge in [-0.1, -0.05) is 19.9 Å². The van der Waals surface area contributed by atoms with E-state index < -0.39 is 0 Å². The number of ether oxygens (including phenoxy) is 1. The zero-order chi connectivity index (χ0) is 16.7. The van der Waals surface area contributed by atoms with Gasteiger partial charge >= 0.3 is 0 Å². The maximum Gasteiger partial charge on any atom is 0.251 e. The molecule has 0 radical (unpaired) electrons. The fraction of sp³-hybridized carbons (Fsp3) is 0.471. The molecule has 0 saturated heterocycles. The van der Waals surface area contributed by atoms with Crippen molar-refractivity contribution >= 4 is 5.91 Å². The van der Waals surface area contributed by atoms with Gasteiger partial charge in [-0.2, -0.15) is 5.10 Å². The van der Waals surface area contributed by atoms with Crippen molar-refractivity contribution in [2.24, 2.45) is 5.41 Å². The van der Waals surface area contributed by atoms with E-state index >= 15 is 0 Å². The molecular formula is C17H22N4O2. The first-order valence-electron chi connectivity index (χ1n) is 7.68. The molecule has 1 aromatic heterocycles. The van der Waals surface area contributed by atoms with Crippen LogP contribution in [0.15, 0.2) is 36.9 Å². The largest absolute Gasteiger partial charge is 0.378 e. The van der Waals surface area contributed by atoms with Crippen LogP contribution >= 0.6 is 0 Å². The summed E-state index contributed by atoms with van der Waals surface area (Å²) in [5.74, 6) is -0.0804. The van der Waals surface area contributed by atoms with Crippen LogP contribution in [0.25, 0.3) is 5.69 Å². The number of rotatable bonds is 4. The predicted octanol–water partition coefficient (Wildman–Crippen LogP) is 2.20. The molecule has 1 saturated carbocycles. The SMILES string of the molecule is CO[C@@]1(C)C[C@@H](NC(=O)c2cccc(-n3cncn3)c2)C1(C)C. The lowest BCUT2D eigenvalue weighted by atomic mass is 9.56. The Hall–Kier alpha value is -2.21. The van der Waals surface area contributed by atoms with Crippen LogP contribution in [0.1, 0.15) is 37.6 Å². The Morgan fingerprint density at radius 3 is 2.78 bits per heavy atom. The van der Waals surface area contributed by atoms with Crippen LogP contribution < -0.4 is 5.32 Å². The van der Waals surface area contributed by atoms with Crippen molar-refractivity contribution < 1.29 is 9.53 Å². The summed E-state index contributed by atoms with van der Waals surface area (Å²) in [6.07, 6.45) is 3.89. The third kappa shape index (κ3) is 2.53. The minimum Gasteiger partial charge on any atom is -0.378 e. The van der Waals surface area contributed by atoms with Gasteiger partial charge in [-0.25, -0.2) is 9.67 Å². The second kappa shape index (κ2) is 5.45. The normalized spacial score (nSPS) is 25.7. The van der Waals surface area contributed by atoms with Gasteiger partial charge in [-0.3, -0.25) is 4.79 Å². The van der Waals surface area contributed by atoms with Crippen molar-refractivity contribution in [2.45, 2.75) is 38.8 Å². The molecule has 0 unspecified atom stereocenters. The van der Waals surface area contributed by atoms with Gasteiger partial charge in [0, 0.05) is 24.1 Å². The quantitative estimate of drug-likeness (QED) is 0.939. The summed E-state index contributed by atoms with van der Waals surface area (Å²) in [5, 5.41) is 7.21. The molecule has 6 nitrogen and oxygen atoms in total. The number of methoxy groups -OCH3 is 1. The topological polar surface area (TPSA) is 69.0 Å². The first-order valence-corrected chi connectivity index (χ1v) is 7.68. The number of aromatic nitrogens is 3. The van der Waals surface area contributed by atoms with Crippen LogP contribution in [-0.4, -0.2) is 39.4 Å². The molecule has 1 heterocycles. The molecule has 1 amide bonds. The molecule has 0 spiro atoms. The highest BCUT2D eigenvalue weighted by atomic mass is 16.5. The minimum atomic E-state index is -0.201. The van der Waals surface area contributed by atoms with E-state index in [4.69, 9.17) is 4.74 Å². The van der Waals surface area contributed by atoms with Crippen molar-refractivity contribution in [1.29, 1.82) is 0 Å². The van der Waals surface area contributed by atoms with Gasteiger partial charge in [0.25, 0.3) is 5.91 Å². The Morgan fingerprint density at radius 1 is 1.39 bits per heavy atom. The lowest BCUT2D eigenvalue weighted by molar-refractivity contribution is -0.177. The van der Waals surface area contributed by atoms with Gasteiger partial charge < -0.3 is 10.1 Å². The van der Waals surface area contributed by atoms with Crippen LogP contribution in [0.3, 0.4) is 0 Å². The Morgan fingerprint density at radius 2 is 2.17 bits per heavy atom. The monoisotopic (exact) mass is 314 g/mol. The van der Waals surface area contributed by atoms with E-state index in [2.05, 4.69) is 36.2 Å². The second-order valence-electron chi connectivity index (χ2n) is 6.78. The molecule has 122 valence electrons. The van der Waals surface area contributed by atoms with Crippen molar-refractivity contribution in [3.63, 3.8) is 0 Å². The summed E-state index contributed by atoms with van der Waals surface area (Å²) >= 11 is 0. The van der Waals surface area contributed by atoms with Crippen molar-refractivity contribution in [3.8, 4) is 5.69 Å². The molecule has 1 fully saturated rings. The van der Waals surface area contributed by atoms with Gasteiger partial charge in [0.2, 0.25) is 0 Å². The second-order valence-corrected chi connectivity index (χ2v) is 6.78.